The van der Waals surface area contributed by atoms with E-state index in [1.165, 1.54) is 6.08 Å². The van der Waals surface area contributed by atoms with Crippen LogP contribution in [-0.4, -0.2) is 0 Å². The predicted octanol–water partition coefficient (Wildman–Crippen LogP) is 2.91. The summed E-state index contributed by atoms with van der Waals surface area (Å²) < 4.78 is 0. The van der Waals surface area contributed by atoms with E-state index in [0.29, 0.717) is 0 Å². The van der Waals surface area contributed by atoms with Crippen LogP contribution >= 0.6 is 12.4 Å². The van der Waals surface area contributed by atoms with Gasteiger partial charge in [-0.3, -0.25) is 0 Å². The van der Waals surface area contributed by atoms with Gasteiger partial charge in [0.15, 0.2) is 0 Å². The van der Waals surface area contributed by atoms with E-state index in [-0.39, 0.29) is 32.8 Å². The summed E-state index contributed by atoms with van der Waals surface area (Å²) >= 11 is 0. The normalized spacial score (nSPS) is 5.45. The zero-order chi connectivity index (χ0) is 6.95. The standard InChI is InChI=1S/C6H5.C3H5.ClH.Pd/c1-2-4-6-5-3-1;1-3-2;;/h1-5H;3H,1-2H2;1H;/q2*-1;;+2. The van der Waals surface area contributed by atoms with Gasteiger partial charge in [-0.1, -0.05) is 0 Å². The Kier molecular flexibility index (Phi) is 25.4. The van der Waals surface area contributed by atoms with Gasteiger partial charge < -0.3 is 0 Å². The van der Waals surface area contributed by atoms with Gasteiger partial charge in [-0.2, -0.15) is 36.4 Å². The molecule has 0 spiro atoms. The van der Waals surface area contributed by atoms with Gasteiger partial charge in [-0.15, -0.1) is 12.4 Å². The van der Waals surface area contributed by atoms with E-state index in [9.17, 15) is 0 Å². The van der Waals surface area contributed by atoms with Crippen LogP contribution in [0.3, 0.4) is 0 Å². The molecule has 1 rings (SSSR count). The first-order chi connectivity index (χ1) is 4.41. The van der Waals surface area contributed by atoms with Crippen LogP contribution in [0, 0.1) is 13.0 Å². The van der Waals surface area contributed by atoms with Gasteiger partial charge >= 0.3 is 20.4 Å². The van der Waals surface area contributed by atoms with Crippen molar-refractivity contribution in [2.24, 2.45) is 0 Å². The third-order valence-electron chi connectivity index (χ3n) is 0.607. The maximum absolute atomic E-state index is 3.25. The summed E-state index contributed by atoms with van der Waals surface area (Å²) in [5, 5.41) is 0. The van der Waals surface area contributed by atoms with Gasteiger partial charge in [0.25, 0.3) is 0 Å². The fourth-order valence-corrected chi connectivity index (χ4v) is 0.342. The van der Waals surface area contributed by atoms with E-state index < -0.39 is 0 Å². The molecule has 0 aliphatic heterocycles. The molecule has 0 aliphatic rings. The SMILES string of the molecule is C=C[CH2-].Cl.[Pd+2].[c-]1ccccc1. The van der Waals surface area contributed by atoms with Crippen LogP contribution in [0.15, 0.2) is 43.0 Å². The third-order valence-corrected chi connectivity index (χ3v) is 0.607. The zero-order valence-electron chi connectivity index (χ0n) is 6.10. The molecule has 0 N–H and O–H groups in total. The molecular formula is C9H11ClPd. The molecule has 0 radical (unpaired) electrons. The van der Waals surface area contributed by atoms with E-state index in [1.807, 2.05) is 30.3 Å². The van der Waals surface area contributed by atoms with Crippen molar-refractivity contribution in [3.8, 4) is 0 Å². The molecule has 0 unspecified atom stereocenters. The van der Waals surface area contributed by atoms with Crippen LogP contribution in [0.4, 0.5) is 0 Å². The van der Waals surface area contributed by atoms with Crippen molar-refractivity contribution in [2.45, 2.75) is 0 Å². The van der Waals surface area contributed by atoms with Crippen LogP contribution in [0.2, 0.25) is 0 Å². The number of benzene rings is 1. The Morgan fingerprint density at radius 3 is 1.64 bits per heavy atom. The number of hydrogen-bond donors (Lipinski definition) is 0. The predicted molar refractivity (Wildman–Crippen MR) is 48.1 cm³/mol. The van der Waals surface area contributed by atoms with Gasteiger partial charge in [0, 0.05) is 0 Å². The molecule has 0 atom stereocenters. The Bertz CT molecular complexity index is 113. The number of hydrogen-bond acceptors (Lipinski definition) is 0. The summed E-state index contributed by atoms with van der Waals surface area (Å²) in [5.74, 6) is 0. The number of rotatable bonds is 0. The molecule has 0 bridgehead atoms. The van der Waals surface area contributed by atoms with Crippen LogP contribution < -0.4 is 0 Å². The monoisotopic (exact) mass is 260 g/mol. The Balaban J connectivity index is -0.000000116. The van der Waals surface area contributed by atoms with Crippen molar-refractivity contribution in [3.63, 3.8) is 0 Å². The first kappa shape index (κ1) is 17.0. The molecule has 1 aromatic carbocycles. The van der Waals surface area contributed by atoms with E-state index in [1.54, 1.807) is 0 Å². The van der Waals surface area contributed by atoms with Gasteiger partial charge in [0.1, 0.15) is 0 Å². The number of allylic oxidation sites excluding steroid dienone is 1. The molecule has 0 aliphatic carbocycles. The molecule has 0 aromatic heterocycles. The average molecular weight is 261 g/mol. The molecule has 0 fully saturated rings. The Hall–Kier alpha value is -0.218. The third kappa shape index (κ3) is 17.7. The fourth-order valence-electron chi connectivity index (χ4n) is 0.342. The van der Waals surface area contributed by atoms with E-state index in [0.717, 1.165) is 0 Å². The molecular weight excluding hydrogens is 250 g/mol. The molecule has 2 heteroatoms. The van der Waals surface area contributed by atoms with Crippen molar-refractivity contribution < 1.29 is 20.4 Å². The van der Waals surface area contributed by atoms with E-state index in [4.69, 9.17) is 0 Å². The summed E-state index contributed by atoms with van der Waals surface area (Å²) in [6.07, 6.45) is 1.50. The molecule has 0 saturated carbocycles. The Morgan fingerprint density at radius 1 is 1.18 bits per heavy atom. The van der Waals surface area contributed by atoms with E-state index in [2.05, 4.69) is 19.6 Å². The van der Waals surface area contributed by atoms with Crippen molar-refractivity contribution in [1.82, 2.24) is 0 Å². The summed E-state index contributed by atoms with van der Waals surface area (Å²) in [4.78, 5) is 0. The van der Waals surface area contributed by atoms with E-state index >= 15 is 0 Å². The van der Waals surface area contributed by atoms with Crippen LogP contribution in [0.1, 0.15) is 0 Å². The number of halogens is 1. The zero-order valence-corrected chi connectivity index (χ0v) is 8.47. The van der Waals surface area contributed by atoms with Gasteiger partial charge in [-0.25, -0.2) is 19.6 Å². The molecule has 0 saturated heterocycles. The van der Waals surface area contributed by atoms with Crippen LogP contribution in [-0.2, 0) is 20.4 Å². The maximum atomic E-state index is 3.25. The Morgan fingerprint density at radius 2 is 1.55 bits per heavy atom. The fraction of sp³-hybridized carbons (Fsp3) is 0. The quantitative estimate of drug-likeness (QED) is 0.497. The molecule has 0 nitrogen and oxygen atoms in total. The first-order valence-corrected chi connectivity index (χ1v) is 2.73. The summed E-state index contributed by atoms with van der Waals surface area (Å²) in [7, 11) is 0. The topological polar surface area (TPSA) is 0 Å². The summed E-state index contributed by atoms with van der Waals surface area (Å²) in [6, 6.07) is 12.5. The summed E-state index contributed by atoms with van der Waals surface area (Å²) in [5.41, 5.74) is 0. The minimum absolute atomic E-state index is 0. The van der Waals surface area contributed by atoms with Gasteiger partial charge in [0.05, 0.1) is 0 Å². The largest absolute Gasteiger partial charge is 2.00 e. The second-order valence-electron chi connectivity index (χ2n) is 1.37. The first-order valence-electron chi connectivity index (χ1n) is 2.73. The van der Waals surface area contributed by atoms with Gasteiger partial charge in [-0.05, 0) is 0 Å². The van der Waals surface area contributed by atoms with Crippen LogP contribution in [0.5, 0.6) is 0 Å². The van der Waals surface area contributed by atoms with Crippen molar-refractivity contribution >= 4 is 12.4 Å². The molecule has 11 heavy (non-hydrogen) atoms. The molecule has 0 amide bonds. The Labute approximate surface area is 88.8 Å². The van der Waals surface area contributed by atoms with Gasteiger partial charge in [0.2, 0.25) is 0 Å². The second-order valence-corrected chi connectivity index (χ2v) is 1.37. The smallest absolute Gasteiger partial charge is 0.245 e. The average Bonchev–Trinajstić information content (AvgIpc) is 1.93. The minimum Gasteiger partial charge on any atom is -0.245 e. The molecule has 0 heterocycles. The van der Waals surface area contributed by atoms with Crippen molar-refractivity contribution in [2.75, 3.05) is 0 Å². The van der Waals surface area contributed by atoms with Crippen molar-refractivity contribution in [3.05, 3.63) is 56.0 Å². The summed E-state index contributed by atoms with van der Waals surface area (Å²) in [6.45, 7) is 6.50. The maximum Gasteiger partial charge on any atom is 2.00 e. The second kappa shape index (κ2) is 16.4. The van der Waals surface area contributed by atoms with Crippen LogP contribution in [0.25, 0.3) is 0 Å². The molecule has 1 aromatic rings. The minimum atomic E-state index is 0. The van der Waals surface area contributed by atoms with Crippen molar-refractivity contribution in [1.29, 1.82) is 0 Å². The molecule has 64 valence electrons.